The van der Waals surface area contributed by atoms with Crippen molar-refractivity contribution >= 4 is 17.6 Å². The number of halogens is 2. The predicted molar refractivity (Wildman–Crippen MR) is 59.7 cm³/mol. The van der Waals surface area contributed by atoms with Crippen molar-refractivity contribution in [3.63, 3.8) is 0 Å². The van der Waals surface area contributed by atoms with E-state index in [1.54, 1.807) is 6.07 Å². The number of aromatic carboxylic acids is 1. The smallest absolute Gasteiger partial charge is 0.352 e. The minimum absolute atomic E-state index is 0.0622. The molecule has 2 aromatic heterocycles. The van der Waals surface area contributed by atoms with Gasteiger partial charge in [0.15, 0.2) is 0 Å². The fourth-order valence-corrected chi connectivity index (χ4v) is 1.74. The molecule has 0 atom stereocenters. The monoisotopic (exact) mass is 254 g/mol. The number of carboxylic acids is 1. The van der Waals surface area contributed by atoms with Gasteiger partial charge in [0, 0.05) is 18.9 Å². The van der Waals surface area contributed by atoms with E-state index in [0.29, 0.717) is 10.6 Å². The Morgan fingerprint density at radius 1 is 1.53 bits per heavy atom. The first-order chi connectivity index (χ1) is 8.06. The Morgan fingerprint density at radius 3 is 2.94 bits per heavy atom. The van der Waals surface area contributed by atoms with E-state index in [4.69, 9.17) is 16.7 Å². The second-order valence-corrected chi connectivity index (χ2v) is 3.90. The highest BCUT2D eigenvalue weighted by Crippen LogP contribution is 2.16. The molecule has 0 saturated heterocycles. The lowest BCUT2D eigenvalue weighted by Gasteiger charge is -2.05. The molecule has 88 valence electrons. The Bertz CT molecular complexity index is 568. The zero-order chi connectivity index (χ0) is 12.4. The van der Waals surface area contributed by atoms with Crippen LogP contribution < -0.4 is 0 Å². The van der Waals surface area contributed by atoms with Crippen LogP contribution in [0.15, 0.2) is 30.6 Å². The Morgan fingerprint density at radius 2 is 2.29 bits per heavy atom. The molecule has 2 rings (SSSR count). The third-order valence-corrected chi connectivity index (χ3v) is 2.43. The first kappa shape index (κ1) is 11.6. The molecule has 2 heterocycles. The van der Waals surface area contributed by atoms with E-state index < -0.39 is 11.9 Å². The molecule has 4 nitrogen and oxygen atoms in total. The van der Waals surface area contributed by atoms with E-state index in [9.17, 15) is 9.18 Å². The summed E-state index contributed by atoms with van der Waals surface area (Å²) in [6, 6.07) is 4.21. The Hall–Kier alpha value is -1.88. The van der Waals surface area contributed by atoms with Gasteiger partial charge < -0.3 is 9.67 Å². The number of rotatable bonds is 3. The second kappa shape index (κ2) is 4.55. The van der Waals surface area contributed by atoms with E-state index in [1.165, 1.54) is 29.1 Å². The van der Waals surface area contributed by atoms with Gasteiger partial charge in [0.1, 0.15) is 5.69 Å². The summed E-state index contributed by atoms with van der Waals surface area (Å²) in [6.07, 6.45) is 2.82. The molecule has 0 amide bonds. The zero-order valence-corrected chi connectivity index (χ0v) is 9.36. The molecule has 17 heavy (non-hydrogen) atoms. The van der Waals surface area contributed by atoms with Crippen LogP contribution in [0.25, 0.3) is 0 Å². The molecular formula is C11H8ClFN2O2. The quantitative estimate of drug-likeness (QED) is 0.856. The average molecular weight is 255 g/mol. The van der Waals surface area contributed by atoms with E-state index >= 15 is 0 Å². The number of hydrogen-bond acceptors (Lipinski definition) is 2. The molecular weight excluding hydrogens is 247 g/mol. The van der Waals surface area contributed by atoms with Gasteiger partial charge in [-0.25, -0.2) is 9.78 Å². The van der Waals surface area contributed by atoms with Crippen LogP contribution in [-0.4, -0.2) is 20.6 Å². The van der Waals surface area contributed by atoms with Crippen molar-refractivity contribution in [2.24, 2.45) is 0 Å². The Balaban J connectivity index is 2.32. The van der Waals surface area contributed by atoms with Crippen molar-refractivity contribution in [1.82, 2.24) is 9.55 Å². The molecule has 0 unspecified atom stereocenters. The molecule has 0 aliphatic rings. The molecule has 0 aromatic carbocycles. The highest BCUT2D eigenvalue weighted by molar-refractivity contribution is 6.30. The van der Waals surface area contributed by atoms with Crippen molar-refractivity contribution < 1.29 is 14.3 Å². The van der Waals surface area contributed by atoms with Crippen LogP contribution >= 0.6 is 11.6 Å². The van der Waals surface area contributed by atoms with Crippen LogP contribution in [-0.2, 0) is 6.54 Å². The van der Waals surface area contributed by atoms with Crippen molar-refractivity contribution in [2.75, 3.05) is 0 Å². The minimum Gasteiger partial charge on any atom is -0.477 e. The third kappa shape index (κ3) is 2.62. The predicted octanol–water partition coefficient (Wildman–Crippen LogP) is 2.42. The maximum atomic E-state index is 12.9. The van der Waals surface area contributed by atoms with Crippen LogP contribution in [0.1, 0.15) is 16.1 Å². The molecule has 1 N–H and O–H groups in total. The minimum atomic E-state index is -1.08. The summed E-state index contributed by atoms with van der Waals surface area (Å²) in [6.45, 7) is 0.230. The number of carbonyl (C=O) groups is 1. The van der Waals surface area contributed by atoms with Crippen molar-refractivity contribution in [3.8, 4) is 0 Å². The molecule has 0 aliphatic carbocycles. The molecule has 0 aliphatic heterocycles. The normalized spacial score (nSPS) is 10.5. The van der Waals surface area contributed by atoms with Gasteiger partial charge in [-0.05, 0) is 23.8 Å². The molecule has 0 spiro atoms. The van der Waals surface area contributed by atoms with E-state index in [1.807, 2.05) is 0 Å². The number of carboxylic acid groups (broad SMARTS) is 1. The number of aromatic nitrogens is 2. The van der Waals surface area contributed by atoms with Crippen LogP contribution in [0, 0.1) is 5.95 Å². The standard InChI is InChI=1S/C11H8ClFN2O2/c12-8-4-9(11(16)17)15(6-8)5-7-1-2-14-10(13)3-7/h1-4,6H,5H2,(H,16,17). The molecule has 0 radical (unpaired) electrons. The van der Waals surface area contributed by atoms with Crippen LogP contribution in [0.4, 0.5) is 4.39 Å². The van der Waals surface area contributed by atoms with Crippen LogP contribution in [0.5, 0.6) is 0 Å². The number of hydrogen-bond donors (Lipinski definition) is 1. The van der Waals surface area contributed by atoms with E-state index in [0.717, 1.165) is 0 Å². The average Bonchev–Trinajstić information content (AvgIpc) is 2.59. The molecule has 6 heteroatoms. The van der Waals surface area contributed by atoms with Crippen molar-refractivity contribution in [3.05, 3.63) is 52.8 Å². The number of nitrogens with zero attached hydrogens (tertiary/aromatic N) is 2. The van der Waals surface area contributed by atoms with Gasteiger partial charge >= 0.3 is 5.97 Å². The van der Waals surface area contributed by atoms with Gasteiger partial charge in [-0.3, -0.25) is 0 Å². The molecule has 0 bridgehead atoms. The summed E-state index contributed by atoms with van der Waals surface area (Å²) < 4.78 is 14.3. The summed E-state index contributed by atoms with van der Waals surface area (Å²) >= 11 is 5.74. The highest BCUT2D eigenvalue weighted by Gasteiger charge is 2.12. The van der Waals surface area contributed by atoms with Gasteiger partial charge in [-0.1, -0.05) is 11.6 Å². The van der Waals surface area contributed by atoms with E-state index in [-0.39, 0.29) is 12.2 Å². The van der Waals surface area contributed by atoms with Gasteiger partial charge in [0.25, 0.3) is 0 Å². The SMILES string of the molecule is O=C(O)c1cc(Cl)cn1Cc1ccnc(F)c1. The number of pyridine rings is 1. The van der Waals surface area contributed by atoms with Crippen LogP contribution in [0.2, 0.25) is 5.02 Å². The van der Waals surface area contributed by atoms with Gasteiger partial charge in [-0.15, -0.1) is 0 Å². The lowest BCUT2D eigenvalue weighted by atomic mass is 10.2. The first-order valence-corrected chi connectivity index (χ1v) is 5.13. The first-order valence-electron chi connectivity index (χ1n) is 4.75. The summed E-state index contributed by atoms with van der Waals surface area (Å²) in [5, 5.41) is 9.28. The Labute approximate surface area is 101 Å². The summed E-state index contributed by atoms with van der Waals surface area (Å²) in [5.41, 5.74) is 0.680. The molecule has 2 aromatic rings. The largest absolute Gasteiger partial charge is 0.477 e. The van der Waals surface area contributed by atoms with Crippen LogP contribution in [0.3, 0.4) is 0 Å². The summed E-state index contributed by atoms with van der Waals surface area (Å²) in [4.78, 5) is 14.4. The maximum absolute atomic E-state index is 12.9. The summed E-state index contributed by atoms with van der Waals surface area (Å²) in [5.74, 6) is -1.68. The third-order valence-electron chi connectivity index (χ3n) is 2.23. The van der Waals surface area contributed by atoms with Crippen molar-refractivity contribution in [2.45, 2.75) is 6.54 Å². The molecule has 0 fully saturated rings. The highest BCUT2D eigenvalue weighted by atomic mass is 35.5. The van der Waals surface area contributed by atoms with Gasteiger partial charge in [0.2, 0.25) is 5.95 Å². The van der Waals surface area contributed by atoms with E-state index in [2.05, 4.69) is 4.98 Å². The van der Waals surface area contributed by atoms with Gasteiger partial charge in [0.05, 0.1) is 5.02 Å². The maximum Gasteiger partial charge on any atom is 0.352 e. The lowest BCUT2D eigenvalue weighted by molar-refractivity contribution is 0.0685. The summed E-state index contributed by atoms with van der Waals surface area (Å²) in [7, 11) is 0. The fourth-order valence-electron chi connectivity index (χ4n) is 1.52. The fraction of sp³-hybridized carbons (Fsp3) is 0.0909. The zero-order valence-electron chi connectivity index (χ0n) is 8.60. The Kier molecular flexibility index (Phi) is 3.10. The second-order valence-electron chi connectivity index (χ2n) is 3.46. The lowest BCUT2D eigenvalue weighted by Crippen LogP contribution is -2.08. The van der Waals surface area contributed by atoms with Crippen molar-refractivity contribution in [1.29, 1.82) is 0 Å². The topological polar surface area (TPSA) is 55.1 Å². The van der Waals surface area contributed by atoms with Gasteiger partial charge in [-0.2, -0.15) is 4.39 Å². The molecule has 0 saturated carbocycles.